The van der Waals surface area contributed by atoms with Crippen LogP contribution in [0.25, 0.3) is 11.0 Å². The summed E-state index contributed by atoms with van der Waals surface area (Å²) >= 11 is 0. The summed E-state index contributed by atoms with van der Waals surface area (Å²) in [6, 6.07) is 2.89. The molecule has 2 aromatic heterocycles. The molecular weight excluding hydrogens is 346 g/mol. The number of hydrogen-bond donors (Lipinski definition) is 2. The second-order valence-corrected chi connectivity index (χ2v) is 7.69. The minimum atomic E-state index is -0.755. The molecule has 7 nitrogen and oxygen atoms in total. The molecule has 0 aromatic carbocycles. The summed E-state index contributed by atoms with van der Waals surface area (Å²) in [5.41, 5.74) is 0.736. The average molecular weight is 375 g/mol. The van der Waals surface area contributed by atoms with Crippen molar-refractivity contribution in [1.82, 2.24) is 14.9 Å². The third-order valence-corrected chi connectivity index (χ3v) is 4.51. The van der Waals surface area contributed by atoms with Gasteiger partial charge in [-0.1, -0.05) is 20.8 Å². The van der Waals surface area contributed by atoms with Crippen molar-refractivity contribution in [3.05, 3.63) is 30.1 Å². The normalized spacial score (nSPS) is 12.8. The van der Waals surface area contributed by atoms with Crippen molar-refractivity contribution < 1.29 is 19.4 Å². The minimum Gasteiger partial charge on any atom is -0.467 e. The zero-order chi connectivity index (χ0) is 20.0. The third-order valence-electron chi connectivity index (χ3n) is 4.51. The summed E-state index contributed by atoms with van der Waals surface area (Å²) in [6.45, 7) is 6.52. The number of rotatable bonds is 8. The van der Waals surface area contributed by atoms with E-state index in [0.717, 1.165) is 30.3 Å². The van der Waals surface area contributed by atoms with Crippen LogP contribution in [0.5, 0.6) is 0 Å². The molecule has 2 rings (SSSR count). The molecule has 0 aliphatic carbocycles. The lowest BCUT2D eigenvalue weighted by Gasteiger charge is -2.28. The van der Waals surface area contributed by atoms with Crippen LogP contribution in [0.4, 0.5) is 0 Å². The van der Waals surface area contributed by atoms with Crippen molar-refractivity contribution >= 4 is 22.9 Å². The molecule has 0 bridgehead atoms. The maximum absolute atomic E-state index is 12.9. The molecule has 0 saturated carbocycles. The molecule has 2 aromatic rings. The predicted octanol–water partition coefficient (Wildman–Crippen LogP) is 2.52. The van der Waals surface area contributed by atoms with Crippen LogP contribution in [-0.4, -0.2) is 46.3 Å². The van der Waals surface area contributed by atoms with E-state index < -0.39 is 17.4 Å². The summed E-state index contributed by atoms with van der Waals surface area (Å²) in [5.74, 6) is -0.797. The van der Waals surface area contributed by atoms with E-state index in [-0.39, 0.29) is 12.5 Å². The fourth-order valence-electron chi connectivity index (χ4n) is 3.00. The largest absolute Gasteiger partial charge is 0.467 e. The fraction of sp³-hybridized carbons (Fsp3) is 0.550. The molecule has 1 atom stereocenters. The number of carbonyl (C=O) groups excluding carboxylic acids is 2. The van der Waals surface area contributed by atoms with Gasteiger partial charge in [0.15, 0.2) is 0 Å². The Labute approximate surface area is 159 Å². The second-order valence-electron chi connectivity index (χ2n) is 7.69. The maximum atomic E-state index is 12.9. The number of nitrogens with one attached hydrogen (secondary N) is 1. The smallest absolute Gasteiger partial charge is 0.328 e. The second kappa shape index (κ2) is 8.99. The molecule has 0 saturated heterocycles. The van der Waals surface area contributed by atoms with Crippen LogP contribution < -0.4 is 5.32 Å². The highest BCUT2D eigenvalue weighted by molar-refractivity contribution is 6.07. The summed E-state index contributed by atoms with van der Waals surface area (Å²) in [5, 5.41) is 12.5. The van der Waals surface area contributed by atoms with Gasteiger partial charge >= 0.3 is 5.97 Å². The van der Waals surface area contributed by atoms with Gasteiger partial charge in [0.25, 0.3) is 5.91 Å². The van der Waals surface area contributed by atoms with Crippen molar-refractivity contribution in [3.8, 4) is 0 Å². The molecule has 7 heteroatoms. The molecule has 27 heavy (non-hydrogen) atoms. The number of aliphatic hydroxyl groups is 1. The number of pyridine rings is 1. The van der Waals surface area contributed by atoms with Crippen LogP contribution >= 0.6 is 0 Å². The van der Waals surface area contributed by atoms with Gasteiger partial charge in [-0.05, 0) is 36.8 Å². The molecule has 0 spiro atoms. The third kappa shape index (κ3) is 5.07. The Kier molecular flexibility index (Phi) is 6.96. The number of ether oxygens (including phenoxy) is 1. The van der Waals surface area contributed by atoms with E-state index >= 15 is 0 Å². The predicted molar refractivity (Wildman–Crippen MR) is 103 cm³/mol. The quantitative estimate of drug-likeness (QED) is 0.546. The topological polar surface area (TPSA) is 93.5 Å². The highest BCUT2D eigenvalue weighted by atomic mass is 16.5. The van der Waals surface area contributed by atoms with Gasteiger partial charge in [0, 0.05) is 30.9 Å². The number of nitrogens with zero attached hydrogens (tertiary/aromatic N) is 2. The zero-order valence-corrected chi connectivity index (χ0v) is 16.5. The molecule has 0 unspecified atom stereocenters. The minimum absolute atomic E-state index is 0.181. The van der Waals surface area contributed by atoms with E-state index in [0.29, 0.717) is 12.1 Å². The molecule has 2 heterocycles. The Hall–Kier alpha value is -2.41. The number of aliphatic hydroxyl groups excluding tert-OH is 1. The Morgan fingerprint density at radius 2 is 2.04 bits per heavy atom. The van der Waals surface area contributed by atoms with E-state index in [4.69, 9.17) is 9.84 Å². The summed E-state index contributed by atoms with van der Waals surface area (Å²) in [4.78, 5) is 29.5. The van der Waals surface area contributed by atoms with E-state index in [2.05, 4.69) is 10.3 Å². The first kappa shape index (κ1) is 20.9. The Bertz CT molecular complexity index is 792. The SMILES string of the molecule is COC(=O)[C@@H](NC(=O)c1cn(CCCCCO)c2ncccc12)C(C)(C)C. The van der Waals surface area contributed by atoms with Gasteiger partial charge in [0.2, 0.25) is 0 Å². The average Bonchev–Trinajstić information content (AvgIpc) is 3.00. The number of esters is 1. The van der Waals surface area contributed by atoms with E-state index in [1.54, 1.807) is 18.5 Å². The van der Waals surface area contributed by atoms with Gasteiger partial charge in [-0.2, -0.15) is 0 Å². The summed E-state index contributed by atoms with van der Waals surface area (Å²) < 4.78 is 6.80. The lowest BCUT2D eigenvalue weighted by molar-refractivity contribution is -0.145. The maximum Gasteiger partial charge on any atom is 0.328 e. The van der Waals surface area contributed by atoms with Gasteiger partial charge in [0.05, 0.1) is 12.7 Å². The zero-order valence-electron chi connectivity index (χ0n) is 16.5. The molecule has 2 N–H and O–H groups in total. The van der Waals surface area contributed by atoms with Crippen LogP contribution in [0.3, 0.4) is 0 Å². The van der Waals surface area contributed by atoms with Gasteiger partial charge < -0.3 is 19.7 Å². The molecule has 0 aliphatic rings. The van der Waals surface area contributed by atoms with E-state index in [1.165, 1.54) is 7.11 Å². The number of aromatic nitrogens is 2. The van der Waals surface area contributed by atoms with Crippen molar-refractivity contribution in [2.75, 3.05) is 13.7 Å². The summed E-state index contributed by atoms with van der Waals surface area (Å²) in [6.07, 6.45) is 6.02. The van der Waals surface area contributed by atoms with Gasteiger partial charge in [-0.25, -0.2) is 9.78 Å². The van der Waals surface area contributed by atoms with Gasteiger partial charge in [0.1, 0.15) is 11.7 Å². The van der Waals surface area contributed by atoms with E-state index in [1.807, 2.05) is 31.4 Å². The monoisotopic (exact) mass is 375 g/mol. The van der Waals surface area contributed by atoms with Crippen LogP contribution in [0.1, 0.15) is 50.4 Å². The molecule has 148 valence electrons. The van der Waals surface area contributed by atoms with Gasteiger partial charge in [-0.15, -0.1) is 0 Å². The first-order chi connectivity index (χ1) is 12.8. The highest BCUT2D eigenvalue weighted by Gasteiger charge is 2.34. The van der Waals surface area contributed by atoms with Crippen molar-refractivity contribution in [2.24, 2.45) is 5.41 Å². The Balaban J connectivity index is 2.28. The van der Waals surface area contributed by atoms with Crippen molar-refractivity contribution in [2.45, 2.75) is 52.6 Å². The van der Waals surface area contributed by atoms with Gasteiger partial charge in [-0.3, -0.25) is 4.79 Å². The standard InChI is InChI=1S/C20H29N3O4/c1-20(2,3)16(19(26)27-4)22-18(25)15-13-23(11-6-5-7-12-24)17-14(15)9-8-10-21-17/h8-10,13,16,24H,5-7,11-12H2,1-4H3,(H,22,25)/t16-/m1/s1. The van der Waals surface area contributed by atoms with Crippen LogP contribution in [0.15, 0.2) is 24.5 Å². The molecule has 0 aliphatic heterocycles. The lowest BCUT2D eigenvalue weighted by atomic mass is 9.86. The summed E-state index contributed by atoms with van der Waals surface area (Å²) in [7, 11) is 1.31. The number of unbranched alkanes of at least 4 members (excludes halogenated alkanes) is 2. The molecular formula is C20H29N3O4. The number of aryl methyl sites for hydroxylation is 1. The van der Waals surface area contributed by atoms with Crippen LogP contribution in [0.2, 0.25) is 0 Å². The highest BCUT2D eigenvalue weighted by Crippen LogP contribution is 2.23. The number of hydrogen-bond acceptors (Lipinski definition) is 5. The number of fused-ring (bicyclic) bond motifs is 1. The molecule has 0 radical (unpaired) electrons. The van der Waals surface area contributed by atoms with Crippen LogP contribution in [0, 0.1) is 5.41 Å². The number of methoxy groups -OCH3 is 1. The Morgan fingerprint density at radius 1 is 1.30 bits per heavy atom. The fourth-order valence-corrected chi connectivity index (χ4v) is 3.00. The first-order valence-electron chi connectivity index (χ1n) is 9.23. The Morgan fingerprint density at radius 3 is 2.67 bits per heavy atom. The van der Waals surface area contributed by atoms with Crippen molar-refractivity contribution in [1.29, 1.82) is 0 Å². The van der Waals surface area contributed by atoms with Crippen molar-refractivity contribution in [3.63, 3.8) is 0 Å². The molecule has 1 amide bonds. The molecule has 0 fully saturated rings. The van der Waals surface area contributed by atoms with Crippen LogP contribution in [-0.2, 0) is 16.1 Å². The lowest BCUT2D eigenvalue weighted by Crippen LogP contribution is -2.49. The number of amides is 1. The van der Waals surface area contributed by atoms with E-state index in [9.17, 15) is 9.59 Å². The first-order valence-corrected chi connectivity index (χ1v) is 9.23. The number of carbonyl (C=O) groups is 2.